The summed E-state index contributed by atoms with van der Waals surface area (Å²) in [5.41, 5.74) is 3.37. The molecule has 0 aromatic heterocycles. The lowest BCUT2D eigenvalue weighted by molar-refractivity contribution is -0.133. The Labute approximate surface area is 151 Å². The van der Waals surface area contributed by atoms with Gasteiger partial charge in [0, 0.05) is 36.0 Å². The van der Waals surface area contributed by atoms with Crippen LogP contribution in [-0.2, 0) is 19.7 Å². The standard InChI is InChI=1S/C21H20N2O3/c24-17-8-15-19-12-7-16-21(9-18(25)22(16)10-11(12)5-6-26-15)13-3-1-2-4-14(13)23(17)20(19)21/h1-5,12,15-16,19-20H,6-10H2/t12-,15-,16-,19-,20-,21+/m0/s1. The second kappa shape index (κ2) is 4.22. The Hall–Kier alpha value is -2.14. The Kier molecular flexibility index (Phi) is 2.27. The van der Waals surface area contributed by atoms with Crippen molar-refractivity contribution in [1.29, 1.82) is 0 Å². The Morgan fingerprint density at radius 2 is 2.04 bits per heavy atom. The van der Waals surface area contributed by atoms with E-state index < -0.39 is 0 Å². The lowest BCUT2D eigenvalue weighted by atomic mass is 9.53. The molecule has 0 radical (unpaired) electrons. The van der Waals surface area contributed by atoms with Crippen molar-refractivity contribution in [3.63, 3.8) is 0 Å². The zero-order chi connectivity index (χ0) is 17.2. The number of amides is 2. The van der Waals surface area contributed by atoms with Crippen molar-refractivity contribution in [2.45, 2.75) is 42.9 Å². The number of hydrogen-bond donors (Lipinski definition) is 0. The molecule has 0 unspecified atom stereocenters. The molecule has 2 amide bonds. The van der Waals surface area contributed by atoms with Crippen LogP contribution in [0.3, 0.4) is 0 Å². The van der Waals surface area contributed by atoms with E-state index in [1.165, 1.54) is 11.1 Å². The predicted octanol–water partition coefficient (Wildman–Crippen LogP) is 1.62. The molecule has 1 spiro atoms. The average molecular weight is 348 g/mol. The predicted molar refractivity (Wildman–Crippen MR) is 93.5 cm³/mol. The highest BCUT2D eigenvalue weighted by Gasteiger charge is 2.72. The Morgan fingerprint density at radius 1 is 1.15 bits per heavy atom. The summed E-state index contributed by atoms with van der Waals surface area (Å²) in [5.74, 6) is 1.17. The minimum atomic E-state index is -0.248. The molecule has 5 nitrogen and oxygen atoms in total. The fourth-order valence-electron chi connectivity index (χ4n) is 7.32. The molecule has 5 heteroatoms. The van der Waals surface area contributed by atoms with Gasteiger partial charge in [-0.1, -0.05) is 24.3 Å². The molecule has 2 bridgehead atoms. The maximum Gasteiger partial charge on any atom is 0.229 e. The fraction of sp³-hybridized carbons (Fsp3) is 0.524. The van der Waals surface area contributed by atoms with Crippen molar-refractivity contribution in [2.75, 3.05) is 18.1 Å². The number of para-hydroxylation sites is 1. The van der Waals surface area contributed by atoms with Crippen molar-refractivity contribution < 1.29 is 14.3 Å². The summed E-state index contributed by atoms with van der Waals surface area (Å²) in [4.78, 5) is 30.4. The van der Waals surface area contributed by atoms with Crippen molar-refractivity contribution in [3.05, 3.63) is 41.5 Å². The molecule has 4 fully saturated rings. The Bertz CT molecular complexity index is 924. The SMILES string of the molecule is O=C1C[C@@]23c4ccccc4N4C(=O)C[C@@H]5OCC=C6CN1[C@H]2C[C@@H]6[C@@H]5[C@H]43. The van der Waals surface area contributed by atoms with Gasteiger partial charge in [-0.25, -0.2) is 0 Å². The van der Waals surface area contributed by atoms with Crippen LogP contribution in [0.25, 0.3) is 0 Å². The molecule has 5 heterocycles. The van der Waals surface area contributed by atoms with Gasteiger partial charge in [-0.15, -0.1) is 0 Å². The zero-order valence-electron chi connectivity index (χ0n) is 14.4. The average Bonchev–Trinajstić information content (AvgIpc) is 3.03. The van der Waals surface area contributed by atoms with Crippen molar-refractivity contribution >= 4 is 17.5 Å². The van der Waals surface area contributed by atoms with Crippen LogP contribution < -0.4 is 4.90 Å². The molecular weight excluding hydrogens is 328 g/mol. The van der Waals surface area contributed by atoms with Crippen LogP contribution in [0.2, 0.25) is 0 Å². The molecule has 6 atom stereocenters. The van der Waals surface area contributed by atoms with E-state index in [2.05, 4.69) is 34.1 Å². The van der Waals surface area contributed by atoms with Gasteiger partial charge in [0.15, 0.2) is 0 Å². The van der Waals surface area contributed by atoms with Gasteiger partial charge in [0.1, 0.15) is 0 Å². The van der Waals surface area contributed by atoms with E-state index in [9.17, 15) is 9.59 Å². The van der Waals surface area contributed by atoms with Gasteiger partial charge >= 0.3 is 0 Å². The first-order valence-electron chi connectivity index (χ1n) is 9.72. The third-order valence-corrected chi connectivity index (χ3v) is 8.07. The molecule has 0 N–H and O–H groups in total. The minimum Gasteiger partial charge on any atom is -0.373 e. The maximum atomic E-state index is 13.2. The zero-order valence-corrected chi connectivity index (χ0v) is 14.4. The molecule has 1 saturated carbocycles. The van der Waals surface area contributed by atoms with E-state index >= 15 is 0 Å². The third kappa shape index (κ3) is 1.29. The minimum absolute atomic E-state index is 0.0168. The number of hydrogen-bond acceptors (Lipinski definition) is 3. The van der Waals surface area contributed by atoms with Gasteiger partial charge in [0.05, 0.1) is 25.2 Å². The van der Waals surface area contributed by atoms with E-state index in [1.54, 1.807) is 0 Å². The Balaban J connectivity index is 1.57. The van der Waals surface area contributed by atoms with E-state index in [-0.39, 0.29) is 35.4 Å². The van der Waals surface area contributed by atoms with Crippen molar-refractivity contribution in [3.8, 4) is 0 Å². The van der Waals surface area contributed by atoms with Crippen LogP contribution in [0.4, 0.5) is 5.69 Å². The molecule has 1 aliphatic carbocycles. The first-order chi connectivity index (χ1) is 12.7. The van der Waals surface area contributed by atoms with Crippen molar-refractivity contribution in [1.82, 2.24) is 4.90 Å². The smallest absolute Gasteiger partial charge is 0.229 e. The summed E-state index contributed by atoms with van der Waals surface area (Å²) < 4.78 is 6.19. The van der Waals surface area contributed by atoms with Gasteiger partial charge < -0.3 is 14.5 Å². The van der Waals surface area contributed by atoms with E-state index in [0.29, 0.717) is 31.3 Å². The quantitative estimate of drug-likeness (QED) is 0.670. The number of nitrogens with zero attached hydrogens (tertiary/aromatic N) is 2. The molecule has 1 aromatic rings. The molecule has 3 saturated heterocycles. The summed E-state index contributed by atoms with van der Waals surface area (Å²) in [6.45, 7) is 1.32. The highest BCUT2D eigenvalue weighted by molar-refractivity contribution is 6.00. The molecular formula is C21H20N2O3. The monoisotopic (exact) mass is 348 g/mol. The number of fused-ring (bicyclic) bond motifs is 2. The molecule has 6 aliphatic rings. The summed E-state index contributed by atoms with van der Waals surface area (Å²) in [6, 6.07) is 8.59. The van der Waals surface area contributed by atoms with Gasteiger partial charge in [-0.3, -0.25) is 9.59 Å². The summed E-state index contributed by atoms with van der Waals surface area (Å²) in [5, 5.41) is 0. The number of rotatable bonds is 0. The second-order valence-corrected chi connectivity index (χ2v) is 8.75. The van der Waals surface area contributed by atoms with Gasteiger partial charge in [-0.2, -0.15) is 0 Å². The van der Waals surface area contributed by atoms with Crippen LogP contribution in [0.15, 0.2) is 35.9 Å². The molecule has 132 valence electrons. The normalized spacial score (nSPS) is 44.0. The summed E-state index contributed by atoms with van der Waals surface area (Å²) in [7, 11) is 0. The molecule has 1 aromatic carbocycles. The number of piperidine rings is 2. The number of ether oxygens (including phenoxy) is 1. The molecule has 7 rings (SSSR count). The lowest BCUT2D eigenvalue weighted by Crippen LogP contribution is -2.69. The summed E-state index contributed by atoms with van der Waals surface area (Å²) >= 11 is 0. The van der Waals surface area contributed by atoms with Gasteiger partial charge in [-0.05, 0) is 29.5 Å². The van der Waals surface area contributed by atoms with E-state index in [4.69, 9.17) is 4.74 Å². The maximum absolute atomic E-state index is 13.2. The van der Waals surface area contributed by atoms with Gasteiger partial charge in [0.25, 0.3) is 0 Å². The van der Waals surface area contributed by atoms with E-state index in [0.717, 1.165) is 18.7 Å². The molecule has 5 aliphatic heterocycles. The van der Waals surface area contributed by atoms with E-state index in [1.807, 2.05) is 6.07 Å². The van der Waals surface area contributed by atoms with Crippen LogP contribution >= 0.6 is 0 Å². The lowest BCUT2D eigenvalue weighted by Gasteiger charge is -2.58. The van der Waals surface area contributed by atoms with Crippen molar-refractivity contribution in [2.24, 2.45) is 11.8 Å². The highest BCUT2D eigenvalue weighted by Crippen LogP contribution is 2.65. The van der Waals surface area contributed by atoms with Gasteiger partial charge in [0.2, 0.25) is 11.8 Å². The Morgan fingerprint density at radius 3 is 2.96 bits per heavy atom. The summed E-state index contributed by atoms with van der Waals surface area (Å²) in [6.07, 6.45) is 4.19. The topological polar surface area (TPSA) is 49.9 Å². The van der Waals surface area contributed by atoms with Crippen LogP contribution in [0.1, 0.15) is 24.8 Å². The highest BCUT2D eigenvalue weighted by atomic mass is 16.5. The molecule has 26 heavy (non-hydrogen) atoms. The largest absolute Gasteiger partial charge is 0.373 e. The van der Waals surface area contributed by atoms with Crippen LogP contribution in [0.5, 0.6) is 0 Å². The first kappa shape index (κ1) is 14.0. The second-order valence-electron chi connectivity index (χ2n) is 8.75. The number of carbonyl (C=O) groups excluding carboxylic acids is 2. The van der Waals surface area contributed by atoms with Crippen LogP contribution in [-0.4, -0.2) is 48.1 Å². The number of carbonyl (C=O) groups is 2. The third-order valence-electron chi connectivity index (χ3n) is 8.07. The number of anilines is 1. The fourth-order valence-corrected chi connectivity index (χ4v) is 7.32. The number of benzene rings is 1. The van der Waals surface area contributed by atoms with Crippen LogP contribution in [0, 0.1) is 11.8 Å². The first-order valence-corrected chi connectivity index (χ1v) is 9.72.